The molecule has 0 aromatic heterocycles. The van der Waals surface area contributed by atoms with E-state index in [2.05, 4.69) is 24.4 Å². The Morgan fingerprint density at radius 1 is 0.515 bits per heavy atom. The number of aliphatic hydroxyl groups is 11. The predicted octanol–water partition coefficient (Wildman–Crippen LogP) is 1.64. The van der Waals surface area contributed by atoms with Crippen molar-refractivity contribution in [1.82, 2.24) is 5.32 Å². The number of amides is 1. The molecule has 3 heterocycles. The van der Waals surface area contributed by atoms with Gasteiger partial charge in [0.15, 0.2) is 18.9 Å². The van der Waals surface area contributed by atoms with Crippen molar-refractivity contribution in [2.75, 3.05) is 26.4 Å². The van der Waals surface area contributed by atoms with Gasteiger partial charge in [-0.1, -0.05) is 140 Å². The van der Waals surface area contributed by atoms with Gasteiger partial charge in [-0.15, -0.1) is 0 Å². The molecule has 398 valence electrons. The number of rotatable bonds is 35. The van der Waals surface area contributed by atoms with Crippen LogP contribution in [-0.2, 0) is 33.2 Å². The van der Waals surface area contributed by atoms with Gasteiger partial charge in [0, 0.05) is 6.92 Å². The summed E-state index contributed by atoms with van der Waals surface area (Å²) in [5.41, 5.74) is 0. The van der Waals surface area contributed by atoms with Gasteiger partial charge in [-0.3, -0.25) is 4.79 Å². The number of ether oxygens (including phenoxy) is 6. The van der Waals surface area contributed by atoms with Crippen molar-refractivity contribution < 1.29 is 89.4 Å². The van der Waals surface area contributed by atoms with Crippen molar-refractivity contribution in [1.29, 1.82) is 0 Å². The van der Waals surface area contributed by atoms with E-state index < -0.39 is 130 Å². The number of hydrogen-bond donors (Lipinski definition) is 12. The van der Waals surface area contributed by atoms with Gasteiger partial charge in [0.25, 0.3) is 0 Å². The lowest BCUT2D eigenvalue weighted by Crippen LogP contribution is -2.66. The van der Waals surface area contributed by atoms with Crippen molar-refractivity contribution in [3.8, 4) is 0 Å². The Kier molecular flexibility index (Phi) is 30.8. The third kappa shape index (κ3) is 20.8. The first-order valence-corrected chi connectivity index (χ1v) is 25.5. The quantitative estimate of drug-likeness (QED) is 0.0317. The summed E-state index contributed by atoms with van der Waals surface area (Å²) in [4.78, 5) is 12.0. The lowest BCUT2D eigenvalue weighted by molar-refractivity contribution is -0.379. The SMILES string of the molecule is CCCCCCCCCCCCCCCCCCCC/C=C/CC/C=C/C(O)C(COC1OC(CO)C(OC2OC(CO)C(OC3OC(CO)C(O)C(O)C3O)C(O)C2O)C(O)C1O)NC(C)=O. The molecule has 19 heteroatoms. The van der Waals surface area contributed by atoms with E-state index in [1.54, 1.807) is 6.08 Å². The van der Waals surface area contributed by atoms with Gasteiger partial charge in [0.2, 0.25) is 5.91 Å². The maximum atomic E-state index is 12.0. The lowest BCUT2D eigenvalue weighted by atomic mass is 9.96. The van der Waals surface area contributed by atoms with E-state index in [0.717, 1.165) is 19.3 Å². The van der Waals surface area contributed by atoms with Gasteiger partial charge in [-0.25, -0.2) is 0 Å². The van der Waals surface area contributed by atoms with E-state index in [1.165, 1.54) is 122 Å². The number of carbonyl (C=O) groups is 1. The highest BCUT2D eigenvalue weighted by molar-refractivity contribution is 5.73. The van der Waals surface area contributed by atoms with E-state index in [0.29, 0.717) is 6.42 Å². The Balaban J connectivity index is 1.34. The van der Waals surface area contributed by atoms with Gasteiger partial charge in [-0.2, -0.15) is 0 Å². The zero-order valence-corrected chi connectivity index (χ0v) is 40.6. The van der Waals surface area contributed by atoms with Crippen LogP contribution in [0.2, 0.25) is 0 Å². The van der Waals surface area contributed by atoms with Crippen LogP contribution in [0.4, 0.5) is 0 Å². The smallest absolute Gasteiger partial charge is 0.217 e. The molecule has 0 aliphatic carbocycles. The molecule has 3 aliphatic heterocycles. The van der Waals surface area contributed by atoms with E-state index >= 15 is 0 Å². The molecule has 0 radical (unpaired) electrons. The predicted molar refractivity (Wildman–Crippen MR) is 250 cm³/mol. The third-order valence-electron chi connectivity index (χ3n) is 13.0. The van der Waals surface area contributed by atoms with Gasteiger partial charge in [-0.05, 0) is 25.7 Å². The average Bonchev–Trinajstić information content (AvgIpc) is 3.33. The summed E-state index contributed by atoms with van der Waals surface area (Å²) in [5, 5.41) is 118. The maximum Gasteiger partial charge on any atom is 0.217 e. The summed E-state index contributed by atoms with van der Waals surface area (Å²) in [6.45, 7) is 0.720. The number of unbranched alkanes of at least 4 members (excludes halogenated alkanes) is 19. The van der Waals surface area contributed by atoms with Crippen LogP contribution >= 0.6 is 0 Å². The minimum atomic E-state index is -1.97. The molecule has 12 N–H and O–H groups in total. The summed E-state index contributed by atoms with van der Waals surface area (Å²) in [6, 6.07) is -0.987. The Labute approximate surface area is 403 Å². The van der Waals surface area contributed by atoms with Gasteiger partial charge < -0.3 is 89.9 Å². The highest BCUT2D eigenvalue weighted by Gasteiger charge is 2.53. The van der Waals surface area contributed by atoms with E-state index in [4.69, 9.17) is 28.4 Å². The molecule has 3 saturated heterocycles. The molecule has 3 fully saturated rings. The molecule has 0 aromatic carbocycles. The average molecular weight is 980 g/mol. The van der Waals surface area contributed by atoms with Crippen LogP contribution in [-0.4, -0.2) is 193 Å². The fourth-order valence-corrected chi connectivity index (χ4v) is 8.83. The van der Waals surface area contributed by atoms with Crippen molar-refractivity contribution in [2.24, 2.45) is 0 Å². The number of carbonyl (C=O) groups excluding carboxylic acids is 1. The van der Waals surface area contributed by atoms with Crippen LogP contribution in [0.3, 0.4) is 0 Å². The summed E-state index contributed by atoms with van der Waals surface area (Å²) in [5.74, 6) is -0.462. The molecular formula is C49H89NO18. The van der Waals surface area contributed by atoms with Gasteiger partial charge in [0.05, 0.1) is 38.6 Å². The zero-order chi connectivity index (χ0) is 49.8. The van der Waals surface area contributed by atoms with E-state index in [1.807, 2.05) is 0 Å². The van der Waals surface area contributed by atoms with Crippen LogP contribution in [0, 0.1) is 0 Å². The molecule has 3 aliphatic rings. The maximum absolute atomic E-state index is 12.0. The third-order valence-corrected chi connectivity index (χ3v) is 13.0. The van der Waals surface area contributed by atoms with E-state index in [-0.39, 0.29) is 6.61 Å². The Morgan fingerprint density at radius 3 is 1.38 bits per heavy atom. The largest absolute Gasteiger partial charge is 0.394 e. The van der Waals surface area contributed by atoms with Crippen molar-refractivity contribution in [3.63, 3.8) is 0 Å². The summed E-state index contributed by atoms with van der Waals surface area (Å²) in [7, 11) is 0. The first-order valence-electron chi connectivity index (χ1n) is 25.5. The first-order chi connectivity index (χ1) is 32.8. The second kappa shape index (κ2) is 34.6. The molecule has 19 nitrogen and oxygen atoms in total. The van der Waals surface area contributed by atoms with Crippen molar-refractivity contribution >= 4 is 5.91 Å². The van der Waals surface area contributed by atoms with Crippen molar-refractivity contribution in [2.45, 2.75) is 253 Å². The molecule has 1 amide bonds. The topological polar surface area (TPSA) is 307 Å². The number of nitrogens with one attached hydrogen (secondary N) is 1. The zero-order valence-electron chi connectivity index (χ0n) is 40.6. The van der Waals surface area contributed by atoms with Crippen LogP contribution in [0.15, 0.2) is 24.3 Å². The monoisotopic (exact) mass is 980 g/mol. The Hall–Kier alpha value is -1.73. The highest BCUT2D eigenvalue weighted by atomic mass is 16.8. The fraction of sp³-hybridized carbons (Fsp3) is 0.898. The van der Waals surface area contributed by atoms with Crippen molar-refractivity contribution in [3.05, 3.63) is 24.3 Å². The normalized spacial score (nSPS) is 33.3. The molecule has 0 spiro atoms. The molecule has 0 saturated carbocycles. The minimum Gasteiger partial charge on any atom is -0.394 e. The molecule has 17 unspecified atom stereocenters. The summed E-state index contributed by atoms with van der Waals surface area (Å²) < 4.78 is 33.6. The number of aliphatic hydroxyl groups excluding tert-OH is 11. The standard InChI is InChI=1S/C49H89NO18/c1-3-4-5-6-7-8-9-10-11-12-13-14-15-16-17-18-19-20-21-22-23-24-25-26-27-34(55)33(50-32(2)54)31-63-47-43(61)40(58)45(36(29-52)65-47)68-49-44(62)41(59)46(37(30-53)66-49)67-48-42(60)39(57)38(56)35(28-51)64-48/h22-23,26-27,33-49,51-53,55-62H,3-21,24-25,28-31H2,1-2H3,(H,50,54)/b23-22+,27-26+. The highest BCUT2D eigenvalue weighted by Crippen LogP contribution is 2.33. The lowest BCUT2D eigenvalue weighted by Gasteiger charge is -2.48. The summed E-state index contributed by atoms with van der Waals surface area (Å²) in [6.07, 6.45) is 7.54. The number of hydrogen-bond acceptors (Lipinski definition) is 18. The second-order valence-electron chi connectivity index (χ2n) is 18.7. The fourth-order valence-electron chi connectivity index (χ4n) is 8.83. The minimum absolute atomic E-state index is 0.382. The van der Waals surface area contributed by atoms with Gasteiger partial charge in [0.1, 0.15) is 73.2 Å². The van der Waals surface area contributed by atoms with E-state index in [9.17, 15) is 61.0 Å². The van der Waals surface area contributed by atoms with Crippen LogP contribution < -0.4 is 5.32 Å². The molecule has 68 heavy (non-hydrogen) atoms. The Morgan fingerprint density at radius 2 is 0.912 bits per heavy atom. The Bertz CT molecular complexity index is 1360. The van der Waals surface area contributed by atoms with Gasteiger partial charge >= 0.3 is 0 Å². The summed E-state index contributed by atoms with van der Waals surface area (Å²) >= 11 is 0. The molecule has 3 rings (SSSR count). The molecule has 0 bridgehead atoms. The van der Waals surface area contributed by atoms with Crippen LogP contribution in [0.25, 0.3) is 0 Å². The molecule has 17 atom stereocenters. The molecular weight excluding hydrogens is 891 g/mol. The number of allylic oxidation sites excluding steroid dienone is 3. The first kappa shape index (κ1) is 60.6. The van der Waals surface area contributed by atoms with Crippen LogP contribution in [0.1, 0.15) is 149 Å². The molecule has 0 aromatic rings. The second-order valence-corrected chi connectivity index (χ2v) is 18.7. The van der Waals surface area contributed by atoms with Crippen LogP contribution in [0.5, 0.6) is 0 Å².